The lowest BCUT2D eigenvalue weighted by Crippen LogP contribution is -2.54. The third kappa shape index (κ3) is 18.6. The van der Waals surface area contributed by atoms with E-state index >= 15 is 0 Å². The maximum atomic E-state index is 14.7. The first-order valence-corrected chi connectivity index (χ1v) is 26.4. The number of ketones is 1. The van der Waals surface area contributed by atoms with E-state index in [1.54, 1.807) is 40.3 Å². The van der Waals surface area contributed by atoms with Crippen LogP contribution >= 0.6 is 12.2 Å². The second kappa shape index (κ2) is 32.0. The Morgan fingerprint density at radius 3 is 1.97 bits per heavy atom. The van der Waals surface area contributed by atoms with Crippen molar-refractivity contribution in [1.29, 1.82) is 0 Å². The van der Waals surface area contributed by atoms with Crippen LogP contribution in [0.25, 0.3) is 0 Å². The Morgan fingerprint density at radius 1 is 0.822 bits per heavy atom. The van der Waals surface area contributed by atoms with Gasteiger partial charge >= 0.3 is 0 Å². The van der Waals surface area contributed by atoms with Crippen molar-refractivity contribution in [3.05, 3.63) is 60.4 Å². The summed E-state index contributed by atoms with van der Waals surface area (Å²) >= 11 is 6.00. The summed E-state index contributed by atoms with van der Waals surface area (Å²) in [7, 11) is 8.18. The highest BCUT2D eigenvalue weighted by Crippen LogP contribution is 2.31. The summed E-state index contributed by atoms with van der Waals surface area (Å²) < 4.78 is 34.5. The lowest BCUT2D eigenvalue weighted by atomic mass is 9.83. The molecule has 0 aliphatic carbocycles. The summed E-state index contributed by atoms with van der Waals surface area (Å²) in [4.78, 5) is 86.9. The van der Waals surface area contributed by atoms with E-state index in [1.807, 2.05) is 83.7 Å². The number of methoxy groups -OCH3 is 3. The molecular weight excluding hydrogens is 955 g/mol. The predicted molar refractivity (Wildman–Crippen MR) is 284 cm³/mol. The number of likely N-dealkylation sites (tertiary alicyclic amines) is 1. The van der Waals surface area contributed by atoms with Gasteiger partial charge in [0.15, 0.2) is 5.78 Å². The highest BCUT2D eigenvalue weighted by atomic mass is 32.1. The maximum absolute atomic E-state index is 14.7. The fourth-order valence-electron chi connectivity index (χ4n) is 9.93. The van der Waals surface area contributed by atoms with Gasteiger partial charge in [-0.3, -0.25) is 33.7 Å². The minimum Gasteiger partial charge on any atom is -0.500 e. The van der Waals surface area contributed by atoms with Gasteiger partial charge in [0.1, 0.15) is 5.76 Å². The van der Waals surface area contributed by atoms with Gasteiger partial charge in [-0.1, -0.05) is 104 Å². The molecule has 1 saturated heterocycles. The number of thiocarbonyl (C=S) groups is 1. The summed E-state index contributed by atoms with van der Waals surface area (Å²) in [6, 6.07) is 8.28. The monoisotopic (exact) mass is 1040 g/mol. The van der Waals surface area contributed by atoms with Crippen molar-refractivity contribution in [1.82, 2.24) is 24.9 Å². The minimum atomic E-state index is -0.763. The predicted octanol–water partition coefficient (Wildman–Crippen LogP) is 5.67. The molecule has 2 aliphatic heterocycles. The largest absolute Gasteiger partial charge is 0.500 e. The molecule has 1 N–H and O–H groups in total. The van der Waals surface area contributed by atoms with Crippen LogP contribution in [0.15, 0.2) is 54.8 Å². The van der Waals surface area contributed by atoms with Crippen molar-refractivity contribution in [3.63, 3.8) is 0 Å². The van der Waals surface area contributed by atoms with Gasteiger partial charge in [0, 0.05) is 65.3 Å². The number of amides is 5. The van der Waals surface area contributed by atoms with E-state index in [4.69, 9.17) is 40.6 Å². The first-order valence-electron chi connectivity index (χ1n) is 26.0. The summed E-state index contributed by atoms with van der Waals surface area (Å²) in [6.07, 6.45) is 4.30. The molecule has 18 heteroatoms. The molecule has 2 aliphatic rings. The summed E-state index contributed by atoms with van der Waals surface area (Å²) in [5.41, 5.74) is 1.11. The van der Waals surface area contributed by atoms with Crippen molar-refractivity contribution in [2.24, 2.45) is 29.6 Å². The van der Waals surface area contributed by atoms with E-state index in [9.17, 15) is 28.8 Å². The number of imide groups is 1. The molecule has 0 radical (unpaired) electrons. The molecule has 1 aromatic carbocycles. The Kier molecular flexibility index (Phi) is 27.5. The molecule has 1 aromatic rings. The minimum absolute atomic E-state index is 0.0341. The van der Waals surface area contributed by atoms with Crippen molar-refractivity contribution >= 4 is 52.5 Å². The fraction of sp³-hybridized carbons (Fsp3) is 0.691. The second-order valence-electron chi connectivity index (χ2n) is 20.0. The number of nitrogens with one attached hydrogen (secondary N) is 1. The second-order valence-corrected chi connectivity index (χ2v) is 20.4. The Hall–Kier alpha value is -4.59. The lowest BCUT2D eigenvalue weighted by Gasteiger charge is -2.41. The third-order valence-electron chi connectivity index (χ3n) is 14.4. The van der Waals surface area contributed by atoms with Gasteiger partial charge in [-0.2, -0.15) is 0 Å². The number of ether oxygens (including phenoxy) is 6. The molecule has 0 unspecified atom stereocenters. The van der Waals surface area contributed by atoms with Gasteiger partial charge < -0.3 is 48.4 Å². The van der Waals surface area contributed by atoms with Gasteiger partial charge in [0.05, 0.1) is 108 Å². The molecule has 0 aromatic heterocycles. The van der Waals surface area contributed by atoms with Crippen LogP contribution < -0.4 is 5.32 Å². The van der Waals surface area contributed by atoms with Gasteiger partial charge in [-0.25, -0.2) is 0 Å². The van der Waals surface area contributed by atoms with Crippen LogP contribution in [-0.4, -0.2) is 184 Å². The van der Waals surface area contributed by atoms with E-state index in [0.717, 1.165) is 23.3 Å². The Bertz CT molecular complexity index is 1970. The van der Waals surface area contributed by atoms with Crippen molar-refractivity contribution in [3.8, 4) is 0 Å². The van der Waals surface area contributed by atoms with Crippen LogP contribution in [0.3, 0.4) is 0 Å². The zero-order valence-electron chi connectivity index (χ0n) is 45.8. The van der Waals surface area contributed by atoms with Gasteiger partial charge in [-0.05, 0) is 42.6 Å². The molecule has 0 saturated carbocycles. The average Bonchev–Trinajstić information content (AvgIpc) is 3.98. The first-order chi connectivity index (χ1) is 34.7. The summed E-state index contributed by atoms with van der Waals surface area (Å²) in [5.74, 6) is -2.37. The van der Waals surface area contributed by atoms with E-state index in [0.29, 0.717) is 36.7 Å². The maximum Gasteiger partial charge on any atom is 0.253 e. The number of hydrogen-bond acceptors (Lipinski definition) is 13. The highest BCUT2D eigenvalue weighted by Gasteiger charge is 2.43. The van der Waals surface area contributed by atoms with E-state index in [2.05, 4.69) is 11.9 Å². The number of hydrogen-bond donors (Lipinski definition) is 1. The molecular formula is C55H87N5O12S. The smallest absolute Gasteiger partial charge is 0.253 e. The average molecular weight is 1040 g/mol. The number of benzene rings is 1. The number of carbonyl (C=O) groups excluding carboxylic acids is 6. The summed E-state index contributed by atoms with van der Waals surface area (Å²) in [5, 5.41) is 3.48. The molecule has 2 heterocycles. The van der Waals surface area contributed by atoms with Gasteiger partial charge in [-0.15, -0.1) is 0 Å². The number of Topliss-reactive ketones (excluding diaryl/α,β-unsaturated/α-hetero) is 1. The first kappa shape index (κ1) is 62.7. The fourth-order valence-corrected chi connectivity index (χ4v) is 10.2. The van der Waals surface area contributed by atoms with Crippen LogP contribution in [0.5, 0.6) is 0 Å². The van der Waals surface area contributed by atoms with E-state index in [1.165, 1.54) is 17.1 Å². The SMILES string of the molecule is C=C(OC)[C@H](Cc1ccccc1)NC(=S)[C@H](C)[C@@H](OC)[C@@H]1CCCN1C(=O)C[C@@H](OC)[C@H]([C@@H](C)CC)N(C)C(=O)[C@@H](CC(=O)[C@H](C(C)C)N(C)C(=O)CCOCCOCCOCCN1C(=O)C=CC1=O)C(C)C. The topological polar surface area (TPSA) is 183 Å². The van der Waals surface area contributed by atoms with Gasteiger partial charge in [0.25, 0.3) is 11.8 Å². The van der Waals surface area contributed by atoms with Crippen molar-refractivity contribution in [2.75, 3.05) is 88.2 Å². The third-order valence-corrected chi connectivity index (χ3v) is 14.9. The molecule has 17 nitrogen and oxygen atoms in total. The molecule has 410 valence electrons. The highest BCUT2D eigenvalue weighted by molar-refractivity contribution is 7.80. The lowest BCUT2D eigenvalue weighted by molar-refractivity contribution is -0.149. The Balaban J connectivity index is 1.61. The molecule has 9 atom stereocenters. The molecule has 3 rings (SSSR count). The molecule has 0 bridgehead atoms. The van der Waals surface area contributed by atoms with Gasteiger partial charge in [0.2, 0.25) is 17.7 Å². The zero-order valence-corrected chi connectivity index (χ0v) is 46.6. The molecule has 5 amide bonds. The van der Waals surface area contributed by atoms with Crippen molar-refractivity contribution in [2.45, 2.75) is 130 Å². The van der Waals surface area contributed by atoms with Crippen LogP contribution in [0.2, 0.25) is 0 Å². The standard InChI is InChI=1S/C55H87N5O12S/c1-14-38(6)52(46(68-12)35-50(65)59-25-18-21-44(59)53(69-13)39(7)54(73)56-43(40(8)67-11)33-41-19-16-15-17-20-41)58(10)55(66)42(36(2)3)34-45(61)51(37(4)5)57(9)47(62)24-27-70-29-31-72-32-30-71-28-26-60-48(63)22-23-49(60)64/h15-17,19-20,22-23,36-39,42-44,46,51-53H,8,14,18,21,24-35H2,1-7,9-13H3,(H,56,73)/t38-,39+,42-,43-,44-,46+,51-,52-,53+/m0/s1. The Labute approximate surface area is 441 Å². The quantitative estimate of drug-likeness (QED) is 0.0380. The van der Waals surface area contributed by atoms with Crippen LogP contribution in [-0.2, 0) is 63.6 Å². The number of nitrogens with zero attached hydrogens (tertiary/aromatic N) is 4. The number of carbonyl (C=O) groups is 6. The molecule has 1 fully saturated rings. The van der Waals surface area contributed by atoms with Crippen LogP contribution in [0.1, 0.15) is 92.6 Å². The van der Waals surface area contributed by atoms with E-state index in [-0.39, 0.29) is 130 Å². The Morgan fingerprint density at radius 2 is 1.42 bits per heavy atom. The number of likely N-dealkylation sites (N-methyl/N-ethyl adjacent to an activating group) is 2. The molecule has 73 heavy (non-hydrogen) atoms. The normalized spacial score (nSPS) is 18.0. The van der Waals surface area contributed by atoms with Crippen LogP contribution in [0.4, 0.5) is 0 Å². The van der Waals surface area contributed by atoms with Crippen LogP contribution in [0, 0.1) is 29.6 Å². The number of rotatable bonds is 35. The zero-order chi connectivity index (χ0) is 54.4. The summed E-state index contributed by atoms with van der Waals surface area (Å²) in [6.45, 7) is 20.0. The molecule has 0 spiro atoms. The van der Waals surface area contributed by atoms with E-state index < -0.39 is 30.2 Å². The van der Waals surface area contributed by atoms with Crippen molar-refractivity contribution < 1.29 is 57.2 Å².